The molecule has 4 fully saturated rings. The molecule has 1 aromatic rings. The van der Waals surface area contributed by atoms with Crippen molar-refractivity contribution in [1.82, 2.24) is 15.5 Å². The minimum atomic E-state index is -0.348. The fraction of sp³-hybridized carbons (Fsp3) is 0.700. The number of imide groups is 1. The Bertz CT molecular complexity index is 637. The van der Waals surface area contributed by atoms with Gasteiger partial charge in [0.05, 0.1) is 6.04 Å². The Morgan fingerprint density at radius 3 is 2.38 bits per heavy atom. The number of thiophene rings is 1. The summed E-state index contributed by atoms with van der Waals surface area (Å²) >= 11 is 1.68. The van der Waals surface area contributed by atoms with Crippen molar-refractivity contribution in [3.63, 3.8) is 0 Å². The molecule has 0 unspecified atom stereocenters. The summed E-state index contributed by atoms with van der Waals surface area (Å²) in [5, 5.41) is 7.83. The van der Waals surface area contributed by atoms with E-state index >= 15 is 0 Å². The van der Waals surface area contributed by atoms with E-state index in [2.05, 4.69) is 16.7 Å². The van der Waals surface area contributed by atoms with Gasteiger partial charge in [0, 0.05) is 17.0 Å². The van der Waals surface area contributed by atoms with Gasteiger partial charge in [0.2, 0.25) is 5.91 Å². The van der Waals surface area contributed by atoms with Gasteiger partial charge < -0.3 is 5.32 Å². The first kappa shape index (κ1) is 18.0. The fourth-order valence-electron chi connectivity index (χ4n) is 5.74. The van der Waals surface area contributed by atoms with Crippen LogP contribution in [0.3, 0.4) is 0 Å². The second-order valence-corrected chi connectivity index (χ2v) is 9.84. The molecule has 6 heteroatoms. The standard InChI is InChI=1S/C20H29N3O2S/c1-13(23(2)12-17-4-3-5-26-17)18(24)21-19(25)22-20-9-14-6-15(10-20)8-16(7-14)11-20/h3-5,13-16H,6-12H2,1-2H3,(H2,21,22,24,25)/t13-,14?,15?,16?,20?/m0/s1. The van der Waals surface area contributed by atoms with E-state index in [0.29, 0.717) is 6.54 Å². The number of amides is 3. The molecule has 0 radical (unpaired) electrons. The van der Waals surface area contributed by atoms with Crippen molar-refractivity contribution in [3.8, 4) is 0 Å². The maximum atomic E-state index is 12.5. The first-order chi connectivity index (χ1) is 12.4. The number of nitrogens with one attached hydrogen (secondary N) is 2. The van der Waals surface area contributed by atoms with Gasteiger partial charge in [0.1, 0.15) is 0 Å². The molecular formula is C20H29N3O2S. The van der Waals surface area contributed by atoms with Crippen molar-refractivity contribution in [2.24, 2.45) is 17.8 Å². The Morgan fingerprint density at radius 2 is 1.85 bits per heavy atom. The normalized spacial score (nSPS) is 33.3. The van der Waals surface area contributed by atoms with Crippen LogP contribution >= 0.6 is 11.3 Å². The molecule has 0 aliphatic heterocycles. The van der Waals surface area contributed by atoms with Crippen molar-refractivity contribution in [3.05, 3.63) is 22.4 Å². The van der Waals surface area contributed by atoms with Crippen molar-refractivity contribution in [1.29, 1.82) is 0 Å². The third-order valence-electron chi connectivity index (χ3n) is 6.68. The van der Waals surface area contributed by atoms with Crippen molar-refractivity contribution >= 4 is 23.3 Å². The van der Waals surface area contributed by atoms with Crippen molar-refractivity contribution in [2.75, 3.05) is 7.05 Å². The molecule has 2 N–H and O–H groups in total. The highest BCUT2D eigenvalue weighted by Crippen LogP contribution is 2.55. The van der Waals surface area contributed by atoms with Crippen LogP contribution in [-0.2, 0) is 11.3 Å². The van der Waals surface area contributed by atoms with E-state index in [-0.39, 0.29) is 23.5 Å². The lowest BCUT2D eigenvalue weighted by Crippen LogP contribution is -2.62. The summed E-state index contributed by atoms with van der Waals surface area (Å²) in [6, 6.07) is 3.41. The van der Waals surface area contributed by atoms with Gasteiger partial charge in [-0.25, -0.2) is 4.79 Å². The molecular weight excluding hydrogens is 346 g/mol. The third kappa shape index (κ3) is 3.67. The van der Waals surface area contributed by atoms with Crippen LogP contribution in [0.1, 0.15) is 50.3 Å². The highest BCUT2D eigenvalue weighted by molar-refractivity contribution is 7.09. The highest BCUT2D eigenvalue weighted by Gasteiger charge is 2.51. The molecule has 0 spiro atoms. The van der Waals surface area contributed by atoms with E-state index in [1.54, 1.807) is 11.3 Å². The second kappa shape index (κ2) is 6.97. The fourth-order valence-corrected chi connectivity index (χ4v) is 6.50. The molecule has 1 atom stereocenters. The summed E-state index contributed by atoms with van der Waals surface area (Å²) in [6.07, 6.45) is 7.29. The zero-order valence-corrected chi connectivity index (χ0v) is 16.5. The van der Waals surface area contributed by atoms with Crippen LogP contribution in [0.5, 0.6) is 0 Å². The van der Waals surface area contributed by atoms with Crippen LogP contribution in [0.4, 0.5) is 4.79 Å². The van der Waals surface area contributed by atoms with Crippen LogP contribution < -0.4 is 10.6 Å². The highest BCUT2D eigenvalue weighted by atomic mass is 32.1. The van der Waals surface area contributed by atoms with Crippen molar-refractivity contribution < 1.29 is 9.59 Å². The Balaban J connectivity index is 1.31. The summed E-state index contributed by atoms with van der Waals surface area (Å²) in [5.41, 5.74) is -0.0643. The van der Waals surface area contributed by atoms with E-state index in [0.717, 1.165) is 37.0 Å². The van der Waals surface area contributed by atoms with Crippen LogP contribution in [0, 0.1) is 17.8 Å². The number of likely N-dealkylation sites (N-methyl/N-ethyl adjacent to an activating group) is 1. The summed E-state index contributed by atoms with van der Waals surface area (Å²) in [6.45, 7) is 2.56. The summed E-state index contributed by atoms with van der Waals surface area (Å²) in [7, 11) is 1.92. The zero-order chi connectivity index (χ0) is 18.3. The summed E-state index contributed by atoms with van der Waals surface area (Å²) in [5.74, 6) is 2.08. The lowest BCUT2D eigenvalue weighted by molar-refractivity contribution is -0.124. The SMILES string of the molecule is C[C@@H](C(=O)NC(=O)NC12CC3CC(CC(C3)C1)C2)N(C)Cc1cccs1. The molecule has 5 rings (SSSR count). The van der Waals surface area contributed by atoms with Gasteiger partial charge in [-0.3, -0.25) is 15.0 Å². The van der Waals surface area contributed by atoms with Gasteiger partial charge >= 0.3 is 6.03 Å². The number of urea groups is 1. The molecule has 4 bridgehead atoms. The van der Waals surface area contributed by atoms with E-state index in [9.17, 15) is 9.59 Å². The zero-order valence-electron chi connectivity index (χ0n) is 15.7. The van der Waals surface area contributed by atoms with E-state index in [1.807, 2.05) is 30.3 Å². The Morgan fingerprint density at radius 1 is 1.23 bits per heavy atom. The molecule has 3 amide bonds. The lowest BCUT2D eigenvalue weighted by Gasteiger charge is -2.56. The number of hydrogen-bond acceptors (Lipinski definition) is 4. The van der Waals surface area contributed by atoms with Crippen LogP contribution in [0.15, 0.2) is 17.5 Å². The van der Waals surface area contributed by atoms with Crippen LogP contribution in [-0.4, -0.2) is 35.5 Å². The Hall–Kier alpha value is -1.40. The number of rotatable bonds is 5. The maximum Gasteiger partial charge on any atom is 0.321 e. The molecule has 5 nitrogen and oxygen atoms in total. The van der Waals surface area contributed by atoms with Gasteiger partial charge in [-0.1, -0.05) is 6.07 Å². The molecule has 1 heterocycles. The molecule has 4 aliphatic rings. The average Bonchev–Trinajstić information content (AvgIpc) is 3.04. The van der Waals surface area contributed by atoms with Crippen LogP contribution in [0.25, 0.3) is 0 Å². The Labute approximate surface area is 159 Å². The molecule has 4 aliphatic carbocycles. The smallest absolute Gasteiger partial charge is 0.321 e. The van der Waals surface area contributed by atoms with E-state index in [1.165, 1.54) is 24.1 Å². The number of carbonyl (C=O) groups excluding carboxylic acids is 2. The van der Waals surface area contributed by atoms with Gasteiger partial charge in [-0.15, -0.1) is 11.3 Å². The molecule has 4 saturated carbocycles. The molecule has 0 saturated heterocycles. The summed E-state index contributed by atoms with van der Waals surface area (Å²) in [4.78, 5) is 28.2. The van der Waals surface area contributed by atoms with Crippen LogP contribution in [0.2, 0.25) is 0 Å². The number of carbonyl (C=O) groups is 2. The molecule has 1 aromatic heterocycles. The minimum absolute atomic E-state index is 0.0643. The molecule has 26 heavy (non-hydrogen) atoms. The topological polar surface area (TPSA) is 61.4 Å². The minimum Gasteiger partial charge on any atom is -0.332 e. The number of nitrogens with zero attached hydrogens (tertiary/aromatic N) is 1. The number of hydrogen-bond donors (Lipinski definition) is 2. The third-order valence-corrected chi connectivity index (χ3v) is 7.54. The first-order valence-electron chi connectivity index (χ1n) is 9.78. The molecule has 0 aromatic carbocycles. The van der Waals surface area contributed by atoms with Gasteiger partial charge in [-0.05, 0) is 81.7 Å². The monoisotopic (exact) mass is 375 g/mol. The van der Waals surface area contributed by atoms with Gasteiger partial charge in [-0.2, -0.15) is 0 Å². The van der Waals surface area contributed by atoms with Gasteiger partial charge in [0.15, 0.2) is 0 Å². The van der Waals surface area contributed by atoms with E-state index in [4.69, 9.17) is 0 Å². The first-order valence-corrected chi connectivity index (χ1v) is 10.7. The Kier molecular flexibility index (Phi) is 4.82. The van der Waals surface area contributed by atoms with Crippen molar-refractivity contribution in [2.45, 2.75) is 63.6 Å². The average molecular weight is 376 g/mol. The van der Waals surface area contributed by atoms with Gasteiger partial charge in [0.25, 0.3) is 0 Å². The van der Waals surface area contributed by atoms with E-state index < -0.39 is 0 Å². The maximum absolute atomic E-state index is 12.5. The summed E-state index contributed by atoms with van der Waals surface area (Å²) < 4.78 is 0. The largest absolute Gasteiger partial charge is 0.332 e. The predicted molar refractivity (Wildman–Crippen MR) is 103 cm³/mol. The predicted octanol–water partition coefficient (Wildman–Crippen LogP) is 3.36. The lowest BCUT2D eigenvalue weighted by atomic mass is 9.53. The molecule has 142 valence electrons. The quantitative estimate of drug-likeness (QED) is 0.829. The second-order valence-electron chi connectivity index (χ2n) is 8.81.